The van der Waals surface area contributed by atoms with Crippen LogP contribution in [0.25, 0.3) is 0 Å². The molecule has 0 aliphatic rings. The van der Waals surface area contributed by atoms with Crippen LogP contribution in [0.15, 0.2) is 11.0 Å². The summed E-state index contributed by atoms with van der Waals surface area (Å²) in [5.74, 6) is 0. The molecule has 1 aromatic rings. The predicted molar refractivity (Wildman–Crippen MR) is 46.9 cm³/mol. The summed E-state index contributed by atoms with van der Waals surface area (Å²) in [7, 11) is 0. The number of alkyl halides is 2. The van der Waals surface area contributed by atoms with Gasteiger partial charge in [-0.2, -0.15) is 5.26 Å². The molecule has 1 N–H and O–H groups in total. The Balaban J connectivity index is 3.59. The van der Waals surface area contributed by atoms with Gasteiger partial charge in [0.25, 0.3) is 11.7 Å². The molecular weight excluding hydrogens is 230 g/mol. The van der Waals surface area contributed by atoms with Crippen molar-refractivity contribution in [3.8, 4) is 6.07 Å². The molecule has 0 unspecified atom stereocenters. The first kappa shape index (κ1) is 11.3. The molecule has 7 heteroatoms. The maximum Gasteiger partial charge on any atom is 0.270 e. The van der Waals surface area contributed by atoms with E-state index in [4.69, 9.17) is 16.9 Å². The molecule has 4 nitrogen and oxygen atoms in total. The van der Waals surface area contributed by atoms with E-state index in [2.05, 4.69) is 4.98 Å². The Morgan fingerprint density at radius 3 is 2.60 bits per heavy atom. The molecule has 0 radical (unpaired) electrons. The van der Waals surface area contributed by atoms with Gasteiger partial charge in [-0.05, 0) is 11.6 Å². The van der Waals surface area contributed by atoms with Crippen LogP contribution in [0.3, 0.4) is 0 Å². The van der Waals surface area contributed by atoms with E-state index in [1.165, 1.54) is 6.07 Å². The van der Waals surface area contributed by atoms with Gasteiger partial charge in [-0.1, -0.05) is 0 Å². The van der Waals surface area contributed by atoms with Crippen LogP contribution in [-0.2, 0) is 0 Å². The Hall–Kier alpha value is -1.74. The lowest BCUT2D eigenvalue weighted by Gasteiger charge is -2.02. The normalized spacial score (nSPS) is 10.1. The summed E-state index contributed by atoms with van der Waals surface area (Å²) in [6.45, 7) is 0. The topological polar surface area (TPSA) is 73.7 Å². The fourth-order valence-electron chi connectivity index (χ4n) is 0.993. The maximum absolute atomic E-state index is 12.4. The predicted octanol–water partition coefficient (Wildman–Crippen LogP) is 1.56. The number of nitriles is 1. The fraction of sp³-hybridized carbons (Fsp3) is 0.125. The van der Waals surface area contributed by atoms with Gasteiger partial charge in [0.15, 0.2) is 0 Å². The number of aromatic amines is 1. The second kappa shape index (κ2) is 4.19. The van der Waals surface area contributed by atoms with Crippen molar-refractivity contribution in [2.45, 2.75) is 6.43 Å². The highest BCUT2D eigenvalue weighted by molar-refractivity contribution is 6.67. The average molecular weight is 233 g/mol. The minimum atomic E-state index is -3.14. The average Bonchev–Trinajstić information content (AvgIpc) is 2.15. The lowest BCUT2D eigenvalue weighted by molar-refractivity contribution is 0.107. The first-order chi connectivity index (χ1) is 6.99. The smallest absolute Gasteiger partial charge is 0.270 e. The lowest BCUT2D eigenvalue weighted by atomic mass is 10.1. The molecule has 0 atom stereocenters. The van der Waals surface area contributed by atoms with Crippen LogP contribution >= 0.6 is 11.6 Å². The van der Waals surface area contributed by atoms with E-state index >= 15 is 0 Å². The molecule has 15 heavy (non-hydrogen) atoms. The molecule has 0 fully saturated rings. The monoisotopic (exact) mass is 232 g/mol. The molecule has 1 heterocycles. The molecule has 0 aromatic carbocycles. The molecule has 0 saturated carbocycles. The molecule has 0 saturated heterocycles. The van der Waals surface area contributed by atoms with E-state index in [0.29, 0.717) is 0 Å². The quantitative estimate of drug-likeness (QED) is 0.787. The third-order valence-corrected chi connectivity index (χ3v) is 1.86. The van der Waals surface area contributed by atoms with Gasteiger partial charge in [0.1, 0.15) is 17.3 Å². The Kier molecular flexibility index (Phi) is 3.17. The van der Waals surface area contributed by atoms with Crippen molar-refractivity contribution in [1.29, 1.82) is 5.26 Å². The third kappa shape index (κ3) is 2.02. The van der Waals surface area contributed by atoms with Crippen LogP contribution in [0, 0.1) is 11.3 Å². The number of hydrogen-bond donors (Lipinski definition) is 1. The standard InChI is InChI=1S/C8H3ClF2N2O2/c9-7(15)3-2-13-4(1-12)5(6(3)14)8(10)11/h2,8H,(H,13,14). The minimum Gasteiger partial charge on any atom is -0.352 e. The summed E-state index contributed by atoms with van der Waals surface area (Å²) in [5.41, 5.74) is -3.44. The van der Waals surface area contributed by atoms with E-state index < -0.39 is 33.9 Å². The maximum atomic E-state index is 12.4. The number of carbonyl (C=O) groups is 1. The van der Waals surface area contributed by atoms with Crippen LogP contribution in [0.5, 0.6) is 0 Å². The van der Waals surface area contributed by atoms with Gasteiger partial charge in [-0.15, -0.1) is 0 Å². The highest BCUT2D eigenvalue weighted by atomic mass is 35.5. The van der Waals surface area contributed by atoms with E-state index in [1.807, 2.05) is 0 Å². The van der Waals surface area contributed by atoms with Crippen molar-refractivity contribution < 1.29 is 13.6 Å². The summed E-state index contributed by atoms with van der Waals surface area (Å²) in [6, 6.07) is 1.39. The number of nitrogens with one attached hydrogen (secondary N) is 1. The Bertz CT molecular complexity index is 504. The second-order valence-corrected chi connectivity index (χ2v) is 2.85. The molecule has 0 spiro atoms. The van der Waals surface area contributed by atoms with Crippen LogP contribution in [0.4, 0.5) is 8.78 Å². The van der Waals surface area contributed by atoms with E-state index in [0.717, 1.165) is 6.20 Å². The summed E-state index contributed by atoms with van der Waals surface area (Å²) in [5, 5.41) is 7.30. The highest BCUT2D eigenvalue weighted by Crippen LogP contribution is 2.18. The zero-order valence-electron chi connectivity index (χ0n) is 7.05. The molecule has 0 aliphatic heterocycles. The Morgan fingerprint density at radius 2 is 2.20 bits per heavy atom. The number of nitrogens with zero attached hydrogens (tertiary/aromatic N) is 1. The molecule has 1 aromatic heterocycles. The molecule has 0 aliphatic carbocycles. The van der Waals surface area contributed by atoms with E-state index in [-0.39, 0.29) is 0 Å². The van der Waals surface area contributed by atoms with Crippen molar-refractivity contribution in [2.24, 2.45) is 0 Å². The number of H-pyrrole nitrogens is 1. The fourth-order valence-corrected chi connectivity index (χ4v) is 1.13. The van der Waals surface area contributed by atoms with Gasteiger partial charge in [0.05, 0.1) is 5.56 Å². The van der Waals surface area contributed by atoms with Crippen molar-refractivity contribution >= 4 is 16.8 Å². The zero-order valence-corrected chi connectivity index (χ0v) is 7.81. The zero-order chi connectivity index (χ0) is 11.6. The van der Waals surface area contributed by atoms with Gasteiger partial charge in [-0.25, -0.2) is 8.78 Å². The number of rotatable bonds is 2. The van der Waals surface area contributed by atoms with Crippen molar-refractivity contribution in [1.82, 2.24) is 4.98 Å². The third-order valence-electron chi connectivity index (χ3n) is 1.66. The Morgan fingerprint density at radius 1 is 1.60 bits per heavy atom. The molecule has 78 valence electrons. The van der Waals surface area contributed by atoms with Crippen molar-refractivity contribution in [3.63, 3.8) is 0 Å². The number of hydrogen-bond acceptors (Lipinski definition) is 3. The van der Waals surface area contributed by atoms with Crippen molar-refractivity contribution in [3.05, 3.63) is 33.2 Å². The summed E-state index contributed by atoms with van der Waals surface area (Å²) in [6.07, 6.45) is -2.30. The molecule has 1 rings (SSSR count). The van der Waals surface area contributed by atoms with Gasteiger partial charge >= 0.3 is 0 Å². The van der Waals surface area contributed by atoms with Gasteiger partial charge in [-0.3, -0.25) is 9.59 Å². The lowest BCUT2D eigenvalue weighted by Crippen LogP contribution is -2.19. The molecule has 0 amide bonds. The summed E-state index contributed by atoms with van der Waals surface area (Å²) in [4.78, 5) is 24.0. The van der Waals surface area contributed by atoms with Crippen LogP contribution < -0.4 is 5.43 Å². The van der Waals surface area contributed by atoms with Crippen molar-refractivity contribution in [2.75, 3.05) is 0 Å². The summed E-state index contributed by atoms with van der Waals surface area (Å²) >= 11 is 4.99. The first-order valence-corrected chi connectivity index (χ1v) is 4.00. The minimum absolute atomic E-state index is 0.573. The second-order valence-electron chi connectivity index (χ2n) is 2.51. The van der Waals surface area contributed by atoms with Gasteiger partial charge < -0.3 is 4.98 Å². The largest absolute Gasteiger partial charge is 0.352 e. The number of aromatic nitrogens is 1. The number of pyridine rings is 1. The molecular formula is C8H3ClF2N2O2. The number of halogens is 3. The van der Waals surface area contributed by atoms with Gasteiger partial charge in [0, 0.05) is 6.20 Å². The van der Waals surface area contributed by atoms with E-state index in [1.54, 1.807) is 0 Å². The number of carbonyl (C=O) groups excluding carboxylic acids is 1. The van der Waals surface area contributed by atoms with Crippen LogP contribution in [0.2, 0.25) is 0 Å². The highest BCUT2D eigenvalue weighted by Gasteiger charge is 2.22. The first-order valence-electron chi connectivity index (χ1n) is 3.62. The molecule has 0 bridgehead atoms. The van der Waals surface area contributed by atoms with Gasteiger partial charge in [0.2, 0.25) is 5.43 Å². The van der Waals surface area contributed by atoms with Crippen LogP contribution in [-0.4, -0.2) is 10.2 Å². The van der Waals surface area contributed by atoms with Crippen LogP contribution in [0.1, 0.15) is 28.0 Å². The van der Waals surface area contributed by atoms with E-state index in [9.17, 15) is 18.4 Å². The Labute approximate surface area is 87.1 Å². The SMILES string of the molecule is N#Cc1[nH]cc(C(=O)Cl)c(=O)c1C(F)F. The summed E-state index contributed by atoms with van der Waals surface area (Å²) < 4.78 is 24.8.